The number of nitrogens with zero attached hydrogens (tertiary/aromatic N) is 2. The predicted octanol–water partition coefficient (Wildman–Crippen LogP) is 7.03. The molecule has 0 aliphatic carbocycles. The molecule has 4 nitrogen and oxygen atoms in total. The highest BCUT2D eigenvalue weighted by molar-refractivity contribution is 9.11. The summed E-state index contributed by atoms with van der Waals surface area (Å²) < 4.78 is 13.1. The number of hydrogen-bond donors (Lipinski definition) is 0. The normalized spacial score (nSPS) is 14.2. The van der Waals surface area contributed by atoms with E-state index in [1.54, 1.807) is 0 Å². The standard InChI is InChI=1S/C24H21Br2ClN2O2/c25-21-13-17(14-22(26)24(21)31-16-18-3-1-2-4-23(18)27)15-28-19-5-7-20(8-6-19)29-9-11-30-12-10-29/h1-8,13-15H,9-12,16H2. The molecule has 0 amide bonds. The fourth-order valence-corrected chi connectivity index (χ4v) is 4.92. The molecule has 4 rings (SSSR count). The highest BCUT2D eigenvalue weighted by Gasteiger charge is 2.11. The number of rotatable bonds is 6. The van der Waals surface area contributed by atoms with Gasteiger partial charge < -0.3 is 14.4 Å². The second-order valence-corrected chi connectivity index (χ2v) is 9.18. The number of benzene rings is 3. The molecule has 1 aliphatic heterocycles. The summed E-state index contributed by atoms with van der Waals surface area (Å²) in [6, 6.07) is 19.9. The Kier molecular flexibility index (Phi) is 7.67. The topological polar surface area (TPSA) is 34.1 Å². The first-order chi connectivity index (χ1) is 15.1. The van der Waals surface area contributed by atoms with Gasteiger partial charge in [-0.15, -0.1) is 0 Å². The zero-order valence-corrected chi connectivity index (χ0v) is 20.7. The molecule has 0 unspecified atom stereocenters. The third-order valence-electron chi connectivity index (χ3n) is 4.94. The highest BCUT2D eigenvalue weighted by Crippen LogP contribution is 2.35. The van der Waals surface area contributed by atoms with Crippen LogP contribution >= 0.6 is 43.5 Å². The molecule has 31 heavy (non-hydrogen) atoms. The maximum atomic E-state index is 6.22. The van der Waals surface area contributed by atoms with Gasteiger partial charge in [0, 0.05) is 35.6 Å². The van der Waals surface area contributed by atoms with Crippen LogP contribution in [-0.2, 0) is 11.3 Å². The molecule has 0 saturated carbocycles. The molecule has 3 aromatic rings. The van der Waals surface area contributed by atoms with Crippen LogP contribution in [0, 0.1) is 0 Å². The molecule has 1 heterocycles. The van der Waals surface area contributed by atoms with Gasteiger partial charge in [-0.25, -0.2) is 0 Å². The first-order valence-electron chi connectivity index (χ1n) is 9.92. The fourth-order valence-electron chi connectivity index (χ4n) is 3.28. The van der Waals surface area contributed by atoms with Gasteiger partial charge in [-0.1, -0.05) is 29.8 Å². The Balaban J connectivity index is 1.43. The van der Waals surface area contributed by atoms with Gasteiger partial charge in [0.05, 0.1) is 27.8 Å². The maximum absolute atomic E-state index is 6.22. The van der Waals surface area contributed by atoms with E-state index >= 15 is 0 Å². The van der Waals surface area contributed by atoms with Crippen molar-refractivity contribution in [3.8, 4) is 5.75 Å². The minimum absolute atomic E-state index is 0.389. The molecule has 0 spiro atoms. The number of morpholine rings is 1. The Morgan fingerprint density at radius 2 is 1.68 bits per heavy atom. The molecule has 0 aromatic heterocycles. The third-order valence-corrected chi connectivity index (χ3v) is 6.49. The molecular weight excluding hydrogens is 544 g/mol. The molecule has 3 aromatic carbocycles. The van der Waals surface area contributed by atoms with E-state index in [4.69, 9.17) is 21.1 Å². The van der Waals surface area contributed by atoms with Crippen LogP contribution in [0.3, 0.4) is 0 Å². The van der Waals surface area contributed by atoms with Crippen molar-refractivity contribution in [1.82, 2.24) is 0 Å². The minimum Gasteiger partial charge on any atom is -0.486 e. The Morgan fingerprint density at radius 3 is 2.35 bits per heavy atom. The summed E-state index contributed by atoms with van der Waals surface area (Å²) in [5, 5.41) is 0.693. The Hall–Kier alpha value is -1.86. The van der Waals surface area contributed by atoms with Crippen molar-refractivity contribution in [3.63, 3.8) is 0 Å². The van der Waals surface area contributed by atoms with Crippen molar-refractivity contribution in [2.75, 3.05) is 31.2 Å². The first-order valence-corrected chi connectivity index (χ1v) is 11.9. The largest absolute Gasteiger partial charge is 0.486 e. The van der Waals surface area contributed by atoms with Crippen molar-refractivity contribution >= 4 is 61.1 Å². The smallest absolute Gasteiger partial charge is 0.148 e. The van der Waals surface area contributed by atoms with Gasteiger partial charge in [0.1, 0.15) is 12.4 Å². The Morgan fingerprint density at radius 1 is 1.00 bits per heavy atom. The molecule has 1 fully saturated rings. The maximum Gasteiger partial charge on any atom is 0.148 e. The van der Waals surface area contributed by atoms with Crippen LogP contribution < -0.4 is 9.64 Å². The quantitative estimate of drug-likeness (QED) is 0.302. The van der Waals surface area contributed by atoms with Crippen LogP contribution in [0.4, 0.5) is 11.4 Å². The van der Waals surface area contributed by atoms with Gasteiger partial charge in [0.25, 0.3) is 0 Å². The van der Waals surface area contributed by atoms with E-state index in [1.165, 1.54) is 5.69 Å². The summed E-state index contributed by atoms with van der Waals surface area (Å²) in [4.78, 5) is 6.94. The summed E-state index contributed by atoms with van der Waals surface area (Å²) in [5.41, 5.74) is 4.01. The molecule has 7 heteroatoms. The van der Waals surface area contributed by atoms with E-state index in [0.717, 1.165) is 57.8 Å². The van der Waals surface area contributed by atoms with E-state index in [1.807, 2.05) is 54.7 Å². The van der Waals surface area contributed by atoms with Gasteiger partial charge in [-0.2, -0.15) is 0 Å². The van der Waals surface area contributed by atoms with E-state index in [0.29, 0.717) is 11.6 Å². The zero-order valence-electron chi connectivity index (χ0n) is 16.7. The lowest BCUT2D eigenvalue weighted by Gasteiger charge is -2.28. The highest BCUT2D eigenvalue weighted by atomic mass is 79.9. The van der Waals surface area contributed by atoms with Gasteiger partial charge in [-0.3, -0.25) is 4.99 Å². The lowest BCUT2D eigenvalue weighted by atomic mass is 10.2. The number of halogens is 3. The number of anilines is 1. The van der Waals surface area contributed by atoms with Crippen molar-refractivity contribution < 1.29 is 9.47 Å². The van der Waals surface area contributed by atoms with Crippen molar-refractivity contribution in [2.24, 2.45) is 4.99 Å². The van der Waals surface area contributed by atoms with E-state index in [2.05, 4.69) is 53.9 Å². The van der Waals surface area contributed by atoms with Gasteiger partial charge >= 0.3 is 0 Å². The number of hydrogen-bond acceptors (Lipinski definition) is 4. The zero-order chi connectivity index (χ0) is 21.6. The lowest BCUT2D eigenvalue weighted by Crippen LogP contribution is -2.36. The summed E-state index contributed by atoms with van der Waals surface area (Å²) in [7, 11) is 0. The van der Waals surface area contributed by atoms with Crippen LogP contribution in [0.1, 0.15) is 11.1 Å². The van der Waals surface area contributed by atoms with Gasteiger partial charge in [0.15, 0.2) is 0 Å². The van der Waals surface area contributed by atoms with Crippen LogP contribution in [-0.4, -0.2) is 32.5 Å². The molecule has 0 N–H and O–H groups in total. The SMILES string of the molecule is Clc1ccccc1COc1c(Br)cc(C=Nc2ccc(N3CCOCC3)cc2)cc1Br. The van der Waals surface area contributed by atoms with E-state index in [-0.39, 0.29) is 0 Å². The average Bonchev–Trinajstić information content (AvgIpc) is 2.79. The molecular formula is C24H21Br2ClN2O2. The molecule has 1 aliphatic rings. The van der Waals surface area contributed by atoms with Crippen LogP contribution in [0.2, 0.25) is 5.02 Å². The van der Waals surface area contributed by atoms with Crippen molar-refractivity contribution in [1.29, 1.82) is 0 Å². The van der Waals surface area contributed by atoms with Crippen LogP contribution in [0.5, 0.6) is 5.75 Å². The van der Waals surface area contributed by atoms with Gasteiger partial charge in [-0.05, 0) is 79.9 Å². The summed E-state index contributed by atoms with van der Waals surface area (Å²) >= 11 is 13.4. The van der Waals surface area contributed by atoms with E-state index in [9.17, 15) is 0 Å². The number of ether oxygens (including phenoxy) is 2. The summed E-state index contributed by atoms with van der Waals surface area (Å²) in [6.07, 6.45) is 1.84. The second kappa shape index (κ2) is 10.6. The monoisotopic (exact) mass is 562 g/mol. The van der Waals surface area contributed by atoms with Crippen LogP contribution in [0.25, 0.3) is 0 Å². The van der Waals surface area contributed by atoms with Crippen molar-refractivity contribution in [3.05, 3.63) is 85.8 Å². The van der Waals surface area contributed by atoms with Crippen LogP contribution in [0.15, 0.2) is 74.6 Å². The molecule has 160 valence electrons. The minimum atomic E-state index is 0.389. The predicted molar refractivity (Wildman–Crippen MR) is 134 cm³/mol. The average molecular weight is 565 g/mol. The molecule has 0 bridgehead atoms. The van der Waals surface area contributed by atoms with Crippen molar-refractivity contribution in [2.45, 2.75) is 6.61 Å². The fraction of sp³-hybridized carbons (Fsp3) is 0.208. The number of aliphatic imine (C=N–C) groups is 1. The molecule has 1 saturated heterocycles. The third kappa shape index (κ3) is 5.89. The molecule has 0 atom stereocenters. The van der Waals surface area contributed by atoms with E-state index < -0.39 is 0 Å². The first kappa shape index (κ1) is 22.3. The second-order valence-electron chi connectivity index (χ2n) is 7.07. The Labute approximate surface area is 204 Å². The van der Waals surface area contributed by atoms with Gasteiger partial charge in [0.2, 0.25) is 0 Å². The Bertz CT molecular complexity index is 1040. The molecule has 0 radical (unpaired) electrons. The summed E-state index contributed by atoms with van der Waals surface area (Å²) in [6.45, 7) is 3.80. The summed E-state index contributed by atoms with van der Waals surface area (Å²) in [5.74, 6) is 0.729. The lowest BCUT2D eigenvalue weighted by molar-refractivity contribution is 0.122.